The van der Waals surface area contributed by atoms with Crippen LogP contribution in [0.1, 0.15) is 20.8 Å². The average Bonchev–Trinajstić information content (AvgIpc) is 2.88. The van der Waals surface area contributed by atoms with E-state index in [0.717, 1.165) is 39.4 Å². The van der Waals surface area contributed by atoms with Crippen LogP contribution in [0.5, 0.6) is 0 Å². The first-order chi connectivity index (χ1) is 10.9. The maximum Gasteiger partial charge on any atom is 0.237 e. The first-order valence-corrected chi connectivity index (χ1v) is 9.38. The Bertz CT molecular complexity index is 408. The summed E-state index contributed by atoms with van der Waals surface area (Å²) in [6.07, 6.45) is 1.81. The molecule has 0 aliphatic carbocycles. The van der Waals surface area contributed by atoms with Crippen molar-refractivity contribution in [2.75, 3.05) is 52.7 Å². The zero-order valence-corrected chi connectivity index (χ0v) is 15.7. The van der Waals surface area contributed by atoms with E-state index in [4.69, 9.17) is 4.74 Å². The Hall–Kier alpha value is -0.860. The van der Waals surface area contributed by atoms with Crippen molar-refractivity contribution in [2.24, 2.45) is 22.9 Å². The predicted molar refractivity (Wildman–Crippen MR) is 95.3 cm³/mol. The number of hydrogen-bond acceptors (Lipinski definition) is 5. The van der Waals surface area contributed by atoms with E-state index in [1.54, 1.807) is 0 Å². The van der Waals surface area contributed by atoms with Gasteiger partial charge in [-0.25, -0.2) is 10.1 Å². The molecule has 1 heterocycles. The van der Waals surface area contributed by atoms with Crippen LogP contribution in [0.25, 0.3) is 0 Å². The molecule has 1 aliphatic rings. The lowest BCUT2D eigenvalue weighted by Gasteiger charge is -2.30. The maximum atomic E-state index is 10.6. The number of nitro groups is 1. The highest BCUT2D eigenvalue weighted by molar-refractivity contribution is 8.13. The summed E-state index contributed by atoms with van der Waals surface area (Å²) in [5, 5.41) is 13.8. The molecule has 0 bridgehead atoms. The second-order valence-corrected chi connectivity index (χ2v) is 7.21. The molecular weight excluding hydrogens is 316 g/mol. The van der Waals surface area contributed by atoms with Crippen LogP contribution in [0.4, 0.5) is 0 Å². The van der Waals surface area contributed by atoms with Gasteiger partial charge in [0.2, 0.25) is 5.17 Å². The van der Waals surface area contributed by atoms with Crippen LogP contribution in [0.3, 0.4) is 0 Å². The zero-order valence-electron chi connectivity index (χ0n) is 14.9. The first-order valence-electron chi connectivity index (χ1n) is 8.15. The predicted octanol–water partition coefficient (Wildman–Crippen LogP) is 2.07. The highest BCUT2D eigenvalue weighted by atomic mass is 32.2. The fourth-order valence-corrected chi connectivity index (χ4v) is 3.52. The molecule has 0 N–H and O–H groups in total. The maximum absolute atomic E-state index is 10.6. The van der Waals surface area contributed by atoms with Gasteiger partial charge in [-0.1, -0.05) is 32.5 Å². The second kappa shape index (κ2) is 10.1. The van der Waals surface area contributed by atoms with E-state index in [-0.39, 0.29) is 0 Å². The van der Waals surface area contributed by atoms with Gasteiger partial charge in [0.05, 0.1) is 11.7 Å². The van der Waals surface area contributed by atoms with Crippen molar-refractivity contribution < 1.29 is 9.77 Å². The van der Waals surface area contributed by atoms with Crippen LogP contribution in [-0.4, -0.2) is 72.7 Å². The third kappa shape index (κ3) is 7.05. The number of hydrazone groups is 1. The van der Waals surface area contributed by atoms with Gasteiger partial charge in [0.25, 0.3) is 0 Å². The number of hydrogen-bond donors (Lipinski definition) is 0. The fourth-order valence-electron chi connectivity index (χ4n) is 2.99. The Balaban J connectivity index is 2.49. The minimum absolute atomic E-state index is 0.404. The van der Waals surface area contributed by atoms with Gasteiger partial charge in [0.1, 0.15) is 0 Å². The van der Waals surface area contributed by atoms with Crippen molar-refractivity contribution in [1.82, 2.24) is 9.80 Å². The van der Waals surface area contributed by atoms with Crippen LogP contribution in [0, 0.1) is 27.9 Å². The Kier molecular flexibility index (Phi) is 8.86. The van der Waals surface area contributed by atoms with Crippen molar-refractivity contribution in [3.05, 3.63) is 10.1 Å². The molecule has 1 aliphatic heterocycles. The molecule has 0 spiro atoms. The zero-order chi connectivity index (χ0) is 17.4. The Morgan fingerprint density at radius 2 is 2.17 bits per heavy atom. The molecule has 1 fully saturated rings. The summed E-state index contributed by atoms with van der Waals surface area (Å²) in [6.45, 7) is 12.1. The quantitative estimate of drug-likeness (QED) is 0.290. The Morgan fingerprint density at radius 1 is 1.48 bits per heavy atom. The van der Waals surface area contributed by atoms with Gasteiger partial charge in [-0.3, -0.25) is 0 Å². The van der Waals surface area contributed by atoms with Gasteiger partial charge in [0, 0.05) is 33.3 Å². The SMILES string of the molecule is CCN(CC(C)CN(C)C(=N[N+](=O)[O-])SC)CC1COCC1C. The summed E-state index contributed by atoms with van der Waals surface area (Å²) in [6, 6.07) is 0. The Morgan fingerprint density at radius 3 is 2.65 bits per heavy atom. The molecule has 23 heavy (non-hydrogen) atoms. The Labute approximate surface area is 143 Å². The molecule has 3 atom stereocenters. The highest BCUT2D eigenvalue weighted by Gasteiger charge is 2.26. The summed E-state index contributed by atoms with van der Waals surface area (Å²) in [5.74, 6) is 1.64. The highest BCUT2D eigenvalue weighted by Crippen LogP contribution is 2.21. The standard InChI is InChI=1S/C15H30N4O3S/c1-6-18(9-14-11-22-10-13(14)3)8-12(2)7-17(4)15(23-5)16-19(20)21/h12-14H,6-11H2,1-5H3. The summed E-state index contributed by atoms with van der Waals surface area (Å²) in [7, 11) is 1.86. The summed E-state index contributed by atoms with van der Waals surface area (Å²) < 4.78 is 5.55. The van der Waals surface area contributed by atoms with Crippen LogP contribution >= 0.6 is 11.8 Å². The minimum Gasteiger partial charge on any atom is -0.381 e. The molecule has 3 unspecified atom stereocenters. The lowest BCUT2D eigenvalue weighted by atomic mass is 9.97. The second-order valence-electron chi connectivity index (χ2n) is 6.44. The smallest absolute Gasteiger partial charge is 0.237 e. The molecule has 0 radical (unpaired) electrons. The van der Waals surface area contributed by atoms with E-state index >= 15 is 0 Å². The van der Waals surface area contributed by atoms with Crippen LogP contribution in [0.15, 0.2) is 5.10 Å². The molecule has 134 valence electrons. The first kappa shape index (κ1) is 20.2. The van der Waals surface area contributed by atoms with Gasteiger partial charge < -0.3 is 14.5 Å². The lowest BCUT2D eigenvalue weighted by molar-refractivity contribution is -0.485. The van der Waals surface area contributed by atoms with Gasteiger partial charge in [-0.2, -0.15) is 0 Å². The summed E-state index contributed by atoms with van der Waals surface area (Å²) in [5.41, 5.74) is 0. The minimum atomic E-state index is -0.632. The van der Waals surface area contributed by atoms with Crippen molar-refractivity contribution in [3.63, 3.8) is 0 Å². The van der Waals surface area contributed by atoms with Gasteiger partial charge in [-0.05, 0) is 30.6 Å². The van der Waals surface area contributed by atoms with Gasteiger partial charge >= 0.3 is 0 Å². The largest absolute Gasteiger partial charge is 0.381 e. The number of nitrogens with zero attached hydrogens (tertiary/aromatic N) is 4. The number of amidine groups is 1. The molecule has 0 amide bonds. The van der Waals surface area contributed by atoms with Crippen LogP contribution < -0.4 is 0 Å². The molecule has 1 rings (SSSR count). The number of ether oxygens (including phenoxy) is 1. The van der Waals surface area contributed by atoms with E-state index in [9.17, 15) is 10.1 Å². The molecular formula is C15H30N4O3S. The molecule has 0 aromatic rings. The fraction of sp³-hybridized carbons (Fsp3) is 0.933. The number of rotatable bonds is 8. The van der Waals surface area contributed by atoms with Crippen molar-refractivity contribution in [3.8, 4) is 0 Å². The number of thioether (sulfide) groups is 1. The average molecular weight is 346 g/mol. The van der Waals surface area contributed by atoms with Gasteiger partial charge in [-0.15, -0.1) is 0 Å². The molecule has 1 saturated heterocycles. The van der Waals surface area contributed by atoms with E-state index < -0.39 is 5.03 Å². The molecule has 7 nitrogen and oxygen atoms in total. The topological polar surface area (TPSA) is 71.2 Å². The van der Waals surface area contributed by atoms with E-state index in [1.807, 2.05) is 18.2 Å². The lowest BCUT2D eigenvalue weighted by Crippen LogP contribution is -2.39. The van der Waals surface area contributed by atoms with Crippen LogP contribution in [0.2, 0.25) is 0 Å². The van der Waals surface area contributed by atoms with E-state index in [0.29, 0.717) is 22.9 Å². The van der Waals surface area contributed by atoms with E-state index in [2.05, 4.69) is 30.8 Å². The third-order valence-electron chi connectivity index (χ3n) is 4.29. The van der Waals surface area contributed by atoms with E-state index in [1.165, 1.54) is 11.8 Å². The summed E-state index contributed by atoms with van der Waals surface area (Å²) >= 11 is 1.30. The molecule has 0 aromatic carbocycles. The van der Waals surface area contributed by atoms with Crippen molar-refractivity contribution >= 4 is 16.9 Å². The third-order valence-corrected chi connectivity index (χ3v) is 5.05. The molecule has 8 heteroatoms. The van der Waals surface area contributed by atoms with Crippen molar-refractivity contribution in [1.29, 1.82) is 0 Å². The van der Waals surface area contributed by atoms with Crippen LogP contribution in [-0.2, 0) is 4.74 Å². The summed E-state index contributed by atoms with van der Waals surface area (Å²) in [4.78, 5) is 14.9. The molecule has 0 saturated carbocycles. The van der Waals surface area contributed by atoms with Gasteiger partial charge in [0.15, 0.2) is 5.03 Å². The monoisotopic (exact) mass is 346 g/mol. The normalized spacial score (nSPS) is 23.3. The molecule has 0 aromatic heterocycles. The van der Waals surface area contributed by atoms with Crippen molar-refractivity contribution in [2.45, 2.75) is 20.8 Å².